The summed E-state index contributed by atoms with van der Waals surface area (Å²) in [5.41, 5.74) is 35.1. The number of pyridine rings is 4. The van der Waals surface area contributed by atoms with Crippen molar-refractivity contribution in [3.63, 3.8) is 0 Å². The van der Waals surface area contributed by atoms with Crippen LogP contribution in [0.25, 0.3) is 133 Å². The molecule has 678 valence electrons. The third-order valence-electron chi connectivity index (χ3n) is 31.6. The van der Waals surface area contributed by atoms with Gasteiger partial charge in [0.25, 0.3) is 0 Å². The second-order valence-corrected chi connectivity index (χ2v) is 43.7. The fourth-order valence-corrected chi connectivity index (χ4v) is 22.6. The molecule has 20 rings (SSSR count). The number of rotatable bonds is 13. The third kappa shape index (κ3) is 20.6. The molecular weight excluding hydrogens is 1610 g/mol. The van der Waals surface area contributed by atoms with Gasteiger partial charge in [0.1, 0.15) is 34.0 Å². The third-order valence-corrected chi connectivity index (χ3v) is 31.6. The molecule has 4 heterocycles. The molecule has 16 aromatic rings. The average Bonchev–Trinajstić information content (AvgIpc) is 0.690. The van der Waals surface area contributed by atoms with Gasteiger partial charge in [0.2, 0.25) is 22.8 Å². The number of hydrogen-bond donors (Lipinski definition) is 0. The predicted molar refractivity (Wildman–Crippen MR) is 562 cm³/mol. The number of benzene rings is 12. The molecule has 0 saturated heterocycles. The fraction of sp³-hybridized carbons (Fsp3) is 0.344. The van der Waals surface area contributed by atoms with Crippen LogP contribution in [0, 0.1) is 62.1 Å². The molecule has 0 unspecified atom stereocenters. The Morgan fingerprint density at radius 1 is 0.256 bits per heavy atom. The van der Waals surface area contributed by atoms with Crippen LogP contribution in [0.4, 0.5) is 4.39 Å². The van der Waals surface area contributed by atoms with E-state index in [-0.39, 0.29) is 5.82 Å². The van der Waals surface area contributed by atoms with Gasteiger partial charge >= 0.3 is 0 Å². The molecule has 4 aliphatic rings. The Morgan fingerprint density at radius 2 is 0.549 bits per heavy atom. The molecular formula is C128H143FN4+4. The van der Waals surface area contributed by atoms with Crippen molar-refractivity contribution < 1.29 is 22.7 Å². The van der Waals surface area contributed by atoms with E-state index in [1.165, 1.54) is 263 Å². The minimum atomic E-state index is -0.173. The molecule has 4 saturated carbocycles. The summed E-state index contributed by atoms with van der Waals surface area (Å²) < 4.78 is 24.0. The molecule has 4 aromatic heterocycles. The van der Waals surface area contributed by atoms with Gasteiger partial charge in [-0.1, -0.05) is 263 Å². The van der Waals surface area contributed by atoms with Crippen molar-refractivity contribution in [2.45, 2.75) is 236 Å². The van der Waals surface area contributed by atoms with Gasteiger partial charge in [0.15, 0.2) is 24.8 Å². The summed E-state index contributed by atoms with van der Waals surface area (Å²) in [5.74, 6) is 3.05. The number of halogens is 1. The lowest BCUT2D eigenvalue weighted by molar-refractivity contribution is -0.659. The quantitative estimate of drug-likeness (QED) is 0.102. The van der Waals surface area contributed by atoms with Crippen LogP contribution in [0.2, 0.25) is 0 Å². The monoisotopic (exact) mass is 1760 g/mol. The lowest BCUT2D eigenvalue weighted by Crippen LogP contribution is -2.31. The Labute approximate surface area is 795 Å². The minimum Gasteiger partial charge on any atom is -0.206 e. The zero-order valence-corrected chi connectivity index (χ0v) is 83.2. The largest absolute Gasteiger partial charge is 0.220 e. The molecule has 12 aromatic carbocycles. The van der Waals surface area contributed by atoms with E-state index in [0.717, 1.165) is 22.4 Å². The molecule has 0 aliphatic heterocycles. The molecule has 5 heteroatoms. The highest BCUT2D eigenvalue weighted by molar-refractivity contribution is 5.99. The average molecular weight is 1760 g/mol. The van der Waals surface area contributed by atoms with Crippen molar-refractivity contribution in [2.24, 2.45) is 49.9 Å². The Bertz CT molecular complexity index is 6890. The van der Waals surface area contributed by atoms with Crippen LogP contribution in [-0.2, 0) is 28.2 Å². The van der Waals surface area contributed by atoms with Crippen LogP contribution in [0.3, 0.4) is 0 Å². The van der Waals surface area contributed by atoms with E-state index in [2.05, 4.69) is 399 Å². The van der Waals surface area contributed by atoms with Crippen LogP contribution in [0.1, 0.15) is 257 Å². The first-order chi connectivity index (χ1) is 63.8. The highest BCUT2D eigenvalue weighted by atomic mass is 19.1. The Hall–Kier alpha value is -11.8. The molecule has 0 spiro atoms. The van der Waals surface area contributed by atoms with Gasteiger partial charge in [-0.3, -0.25) is 0 Å². The topological polar surface area (TPSA) is 15.5 Å². The Balaban J connectivity index is 0.000000124. The SMILES string of the molecule is Cc1c(-c2c3ccc(C4CCC(C)(C)CC4)cc3cc[n+]2C)cc(-c2ccccc2)cc1C(C)C.Cc1cc(-c2ccccc2)cc(-c2c3ccc(C4CCC(C)(C)CC4)cc3cc[n+]2C)c1C.Cc1cc(-c2ccccc2)ccc1-c1c2ccc(C3CCC(C)(C)CC3)cc2cc[n+]1C.Cc1cc(F)c(-c2ccccc2)cc1-c1c2ccc(C3CCC(C)(C)CC3)cc2cc[n+]1C. The van der Waals surface area contributed by atoms with Crippen molar-refractivity contribution >= 4 is 43.1 Å². The molecule has 0 radical (unpaired) electrons. The van der Waals surface area contributed by atoms with Gasteiger partial charge in [0, 0.05) is 35.4 Å². The standard InChI is InChI=1S/C34H40N.C32H36N.C31H33FN.C31H34N/c1-23(2)31-21-29(25-10-8-7-9-11-25)22-32(24(31)3)33-30-13-12-27(20-28(30)16-19-35(33)6)26-14-17-34(4,5)18-15-26;1-22-19-28(24-9-7-6-8-10-24)21-30(23(22)2)31-29-12-11-26(20-27(29)15-18-33(31)5)25-13-16-32(3,4)17-14-25;1-21-18-29(32)28(23-8-6-5-7-9-23)20-27(21)30-26-11-10-24(19-25(26)14-17-33(30)4)22-12-15-31(2,3)16-13-22;1-22-20-25(23-8-6-5-7-9-23)10-12-28(22)30-29-13-11-26(21-27(29)16-19-32(30)4)24-14-17-31(2,3)18-15-24/h7-13,16,19-23,26H,14-15,17-18H2,1-6H3;6-12,15,18-21,25H,13-14,16-17H2,1-5H3;5-11,14,17-20,22H,12-13,15-16H2,1-4H3;5-13,16,19-21,24H,14-15,17-18H2,1-4H3/q4*+1. The number of aryl methyl sites for hydroxylation is 7. The van der Waals surface area contributed by atoms with Crippen LogP contribution >= 0.6 is 0 Å². The molecule has 0 N–H and O–H groups in total. The summed E-state index contributed by atoms with van der Waals surface area (Å²) in [5, 5.41) is 10.6. The van der Waals surface area contributed by atoms with Crippen LogP contribution in [-0.4, -0.2) is 0 Å². The van der Waals surface area contributed by atoms with Crippen molar-refractivity contribution in [3.8, 4) is 89.5 Å². The second kappa shape index (κ2) is 39.0. The summed E-state index contributed by atoms with van der Waals surface area (Å²) in [4.78, 5) is 0. The van der Waals surface area contributed by atoms with E-state index in [9.17, 15) is 4.39 Å². The molecule has 133 heavy (non-hydrogen) atoms. The second-order valence-electron chi connectivity index (χ2n) is 43.7. The van der Waals surface area contributed by atoms with E-state index in [1.54, 1.807) is 6.07 Å². The van der Waals surface area contributed by atoms with Crippen LogP contribution < -0.4 is 18.3 Å². The zero-order chi connectivity index (χ0) is 93.4. The summed E-state index contributed by atoms with van der Waals surface area (Å²) in [7, 11) is 8.61. The first kappa shape index (κ1) is 93.0. The van der Waals surface area contributed by atoms with Crippen LogP contribution in [0.15, 0.2) is 298 Å². The molecule has 4 fully saturated rings. The maximum atomic E-state index is 15.0. The highest BCUT2D eigenvalue weighted by Crippen LogP contribution is 2.50. The van der Waals surface area contributed by atoms with E-state index < -0.39 is 0 Å². The van der Waals surface area contributed by atoms with Gasteiger partial charge in [-0.15, -0.1) is 0 Å². The Morgan fingerprint density at radius 3 is 0.887 bits per heavy atom. The molecule has 0 atom stereocenters. The predicted octanol–water partition coefficient (Wildman–Crippen LogP) is 33.5. The summed E-state index contributed by atoms with van der Waals surface area (Å²) >= 11 is 0. The summed E-state index contributed by atoms with van der Waals surface area (Å²) in [6, 6.07) is 99.9. The fourth-order valence-electron chi connectivity index (χ4n) is 22.6. The van der Waals surface area contributed by atoms with Gasteiger partial charge in [0.05, 0.1) is 38.2 Å². The van der Waals surface area contributed by atoms with Gasteiger partial charge in [-0.05, 0) is 359 Å². The molecule has 0 amide bonds. The lowest BCUT2D eigenvalue weighted by Gasteiger charge is -2.34. The summed E-state index contributed by atoms with van der Waals surface area (Å²) in [6.07, 6.45) is 29.8. The van der Waals surface area contributed by atoms with E-state index in [1.807, 2.05) is 43.3 Å². The van der Waals surface area contributed by atoms with E-state index >= 15 is 0 Å². The normalized spacial score (nSPS) is 16.3. The number of fused-ring (bicyclic) bond motifs is 4. The van der Waals surface area contributed by atoms with Crippen molar-refractivity contribution in [1.82, 2.24) is 0 Å². The van der Waals surface area contributed by atoms with Crippen molar-refractivity contribution in [3.05, 3.63) is 359 Å². The molecule has 4 aliphatic carbocycles. The smallest absolute Gasteiger partial charge is 0.206 e. The van der Waals surface area contributed by atoms with E-state index in [0.29, 0.717) is 56.8 Å². The molecule has 0 bridgehead atoms. The number of hydrogen-bond acceptors (Lipinski definition) is 0. The Kier molecular flexibility index (Phi) is 27.3. The maximum absolute atomic E-state index is 15.0. The zero-order valence-electron chi connectivity index (χ0n) is 83.2. The van der Waals surface area contributed by atoms with Gasteiger partial charge < -0.3 is 0 Å². The van der Waals surface area contributed by atoms with Crippen molar-refractivity contribution in [1.29, 1.82) is 0 Å². The lowest BCUT2D eigenvalue weighted by atomic mass is 9.71. The van der Waals surface area contributed by atoms with Gasteiger partial charge in [-0.25, -0.2) is 22.7 Å². The van der Waals surface area contributed by atoms with E-state index in [4.69, 9.17) is 0 Å². The summed E-state index contributed by atoms with van der Waals surface area (Å²) in [6.45, 7) is 35.0. The van der Waals surface area contributed by atoms with Crippen LogP contribution in [0.5, 0.6) is 0 Å². The van der Waals surface area contributed by atoms with Crippen molar-refractivity contribution in [2.75, 3.05) is 0 Å². The first-order valence-corrected chi connectivity index (χ1v) is 49.9. The highest BCUT2D eigenvalue weighted by Gasteiger charge is 2.35. The maximum Gasteiger partial charge on any atom is 0.220 e. The molecule has 4 nitrogen and oxygen atoms in total. The van der Waals surface area contributed by atoms with Gasteiger partial charge in [-0.2, -0.15) is 0 Å². The number of nitrogens with zero attached hydrogens (tertiary/aromatic N) is 4. The number of aromatic nitrogens is 4. The first-order valence-electron chi connectivity index (χ1n) is 49.9. The minimum absolute atomic E-state index is 0.173.